The monoisotopic (exact) mass is 488 g/mol. The Morgan fingerprint density at radius 1 is 0.686 bits per heavy atom. The molecular weight excluding hydrogens is 470 g/mol. The summed E-state index contributed by atoms with van der Waals surface area (Å²) >= 11 is 0. The van der Waals surface area contributed by atoms with E-state index in [0.717, 1.165) is 28.5 Å². The molecule has 0 aliphatic heterocycles. The minimum absolute atomic E-state index is 0.0481. The highest BCUT2D eigenvalue weighted by Crippen LogP contribution is 2.48. The van der Waals surface area contributed by atoms with Gasteiger partial charge >= 0.3 is 18.3 Å². The Morgan fingerprint density at radius 2 is 1.20 bits per heavy atom. The zero-order valence-corrected chi connectivity index (χ0v) is 18.4. The number of hydrogen-bond acceptors (Lipinski definition) is 2. The quantitative estimate of drug-likeness (QED) is 0.110. The Bertz CT molecular complexity index is 1530. The zero-order chi connectivity index (χ0) is 25.1. The maximum Gasteiger partial charge on any atom is 0.417 e. The Kier molecular flexibility index (Phi) is 5.30. The van der Waals surface area contributed by atoms with Gasteiger partial charge in [-0.15, -0.1) is 0 Å². The highest BCUT2D eigenvalue weighted by atomic mass is 19.4. The zero-order valence-electron chi connectivity index (χ0n) is 18.4. The first kappa shape index (κ1) is 23.2. The number of rotatable bonds is 4. The van der Waals surface area contributed by atoms with Gasteiger partial charge in [0.05, 0.1) is 18.2 Å². The number of benzene rings is 5. The van der Waals surface area contributed by atoms with Crippen molar-refractivity contribution in [2.24, 2.45) is 0 Å². The fraction of sp³-hybridized carbons (Fsp3) is 0.222. The van der Waals surface area contributed by atoms with Gasteiger partial charge in [-0.1, -0.05) is 42.5 Å². The van der Waals surface area contributed by atoms with Crippen LogP contribution in [0, 0.1) is 0 Å². The molecule has 0 saturated carbocycles. The molecule has 0 atom stereocenters. The van der Waals surface area contributed by atoms with Crippen molar-refractivity contribution in [1.82, 2.24) is 0 Å². The molecule has 5 aromatic rings. The lowest BCUT2D eigenvalue weighted by molar-refractivity contribution is -0.141. The van der Waals surface area contributed by atoms with E-state index < -0.39 is 28.9 Å². The van der Waals surface area contributed by atoms with Crippen LogP contribution in [0.1, 0.15) is 29.5 Å². The topological polar surface area (TPSA) is 26.3 Å². The van der Waals surface area contributed by atoms with Crippen molar-refractivity contribution in [1.29, 1.82) is 0 Å². The van der Waals surface area contributed by atoms with Crippen LogP contribution in [0.5, 0.6) is 0 Å². The van der Waals surface area contributed by atoms with Gasteiger partial charge in [-0.2, -0.15) is 26.3 Å². The predicted molar refractivity (Wildman–Crippen MR) is 123 cm³/mol. The third-order valence-electron chi connectivity index (χ3n) is 6.54. The second-order valence-electron chi connectivity index (χ2n) is 8.50. The molecule has 5 rings (SSSR count). The number of fused-ring (bicyclic) bond motifs is 2. The fourth-order valence-electron chi connectivity index (χ4n) is 5.08. The van der Waals surface area contributed by atoms with Crippen LogP contribution in [0.15, 0.2) is 54.6 Å². The van der Waals surface area contributed by atoms with Crippen molar-refractivity contribution >= 4 is 49.1 Å². The van der Waals surface area contributed by atoms with E-state index in [1.165, 1.54) is 19.2 Å². The van der Waals surface area contributed by atoms with E-state index in [2.05, 4.69) is 4.74 Å². The van der Waals surface area contributed by atoms with E-state index in [-0.39, 0.29) is 17.8 Å². The highest BCUT2D eigenvalue weighted by molar-refractivity contribution is 6.33. The summed E-state index contributed by atoms with van der Waals surface area (Å²) in [5, 5.41) is 2.58. The SMILES string of the molecule is COC(=O)CCCc1ccc2c3ccc(C(F)(F)F)c4c(C(F)(F)F)ccc(c5cccc1c52)c43. The lowest BCUT2D eigenvalue weighted by Gasteiger charge is -2.21. The summed E-state index contributed by atoms with van der Waals surface area (Å²) in [6.07, 6.45) is -8.55. The molecule has 35 heavy (non-hydrogen) atoms. The van der Waals surface area contributed by atoms with Crippen molar-refractivity contribution < 1.29 is 35.9 Å². The van der Waals surface area contributed by atoms with Crippen LogP contribution < -0.4 is 0 Å². The van der Waals surface area contributed by atoms with Crippen LogP contribution >= 0.6 is 0 Å². The molecule has 0 fully saturated rings. The van der Waals surface area contributed by atoms with E-state index in [9.17, 15) is 31.1 Å². The standard InChI is InChI=1S/C27H18F6O2/c1-35-22(34)7-2-4-14-8-9-17-19-11-13-21(27(31,32)33)25-20(26(28,29)30)12-10-18(24(19)25)16-6-3-5-15(14)23(16)17/h3,5-6,8-13H,2,4,7H2,1H3. The first-order valence-electron chi connectivity index (χ1n) is 10.9. The number of alkyl halides is 6. The number of halogens is 6. The molecule has 0 heterocycles. The largest absolute Gasteiger partial charge is 0.469 e. The van der Waals surface area contributed by atoms with Gasteiger partial charge in [0.2, 0.25) is 0 Å². The van der Waals surface area contributed by atoms with Gasteiger partial charge < -0.3 is 4.74 Å². The average Bonchev–Trinajstić information content (AvgIpc) is 2.80. The van der Waals surface area contributed by atoms with Crippen LogP contribution in [-0.4, -0.2) is 13.1 Å². The summed E-state index contributed by atoms with van der Waals surface area (Å²) < 4.78 is 87.8. The molecule has 8 heteroatoms. The number of carbonyl (C=O) groups is 1. The number of aryl methyl sites for hydroxylation is 1. The second-order valence-corrected chi connectivity index (χ2v) is 8.50. The van der Waals surface area contributed by atoms with Gasteiger partial charge in [0.15, 0.2) is 0 Å². The predicted octanol–water partition coefficient (Wildman–Crippen LogP) is 8.27. The molecule has 0 amide bonds. The van der Waals surface area contributed by atoms with Crippen molar-refractivity contribution in [2.75, 3.05) is 7.11 Å². The summed E-state index contributed by atoms with van der Waals surface area (Å²) in [5.74, 6) is -0.325. The van der Waals surface area contributed by atoms with Gasteiger partial charge in [-0.3, -0.25) is 4.79 Å². The van der Waals surface area contributed by atoms with E-state index in [0.29, 0.717) is 34.4 Å². The van der Waals surface area contributed by atoms with Crippen molar-refractivity contribution in [3.05, 3.63) is 71.3 Å². The molecule has 0 spiro atoms. The molecule has 0 radical (unpaired) electrons. The number of carbonyl (C=O) groups excluding carboxylic acids is 1. The first-order chi connectivity index (χ1) is 16.5. The number of hydrogen-bond donors (Lipinski definition) is 0. The van der Waals surface area contributed by atoms with Gasteiger partial charge in [0.25, 0.3) is 0 Å². The number of ether oxygens (including phenoxy) is 1. The van der Waals surface area contributed by atoms with Gasteiger partial charge in [0, 0.05) is 11.8 Å². The Balaban J connectivity index is 1.87. The van der Waals surface area contributed by atoms with Crippen LogP contribution in [0.3, 0.4) is 0 Å². The maximum absolute atomic E-state index is 13.8. The Morgan fingerprint density at radius 3 is 1.77 bits per heavy atom. The normalized spacial score (nSPS) is 12.9. The summed E-state index contributed by atoms with van der Waals surface area (Å²) in [6, 6.07) is 12.9. The molecule has 0 saturated heterocycles. The van der Waals surface area contributed by atoms with Gasteiger partial charge in [-0.05, 0) is 68.2 Å². The molecule has 0 N–H and O–H groups in total. The molecule has 0 bridgehead atoms. The summed E-state index contributed by atoms with van der Waals surface area (Å²) in [7, 11) is 1.32. The maximum atomic E-state index is 13.8. The third-order valence-corrected chi connectivity index (χ3v) is 6.54. The van der Waals surface area contributed by atoms with Crippen LogP contribution in [0.25, 0.3) is 43.1 Å². The molecule has 2 nitrogen and oxygen atoms in total. The van der Waals surface area contributed by atoms with Crippen LogP contribution in [0.4, 0.5) is 26.3 Å². The van der Waals surface area contributed by atoms with Crippen LogP contribution in [0.2, 0.25) is 0 Å². The summed E-state index contributed by atoms with van der Waals surface area (Å²) in [6.45, 7) is 0. The van der Waals surface area contributed by atoms with Gasteiger partial charge in [0.1, 0.15) is 0 Å². The van der Waals surface area contributed by atoms with Crippen molar-refractivity contribution in [3.8, 4) is 0 Å². The van der Waals surface area contributed by atoms with Crippen molar-refractivity contribution in [2.45, 2.75) is 31.6 Å². The fourth-order valence-corrected chi connectivity index (χ4v) is 5.08. The third kappa shape index (κ3) is 3.72. The number of esters is 1. The minimum atomic E-state index is -4.95. The van der Waals surface area contributed by atoms with Crippen LogP contribution in [-0.2, 0) is 28.3 Å². The number of methoxy groups -OCH3 is 1. The lowest BCUT2D eigenvalue weighted by atomic mass is 9.85. The molecular formula is C27H18F6O2. The molecule has 0 aliphatic carbocycles. The van der Waals surface area contributed by atoms with Gasteiger partial charge in [-0.25, -0.2) is 0 Å². The Hall–Kier alpha value is -3.55. The molecule has 180 valence electrons. The van der Waals surface area contributed by atoms with E-state index in [4.69, 9.17) is 0 Å². The molecule has 5 aromatic carbocycles. The van der Waals surface area contributed by atoms with Crippen molar-refractivity contribution in [3.63, 3.8) is 0 Å². The molecule has 0 aromatic heterocycles. The smallest absolute Gasteiger partial charge is 0.417 e. The van der Waals surface area contributed by atoms with E-state index >= 15 is 0 Å². The highest BCUT2D eigenvalue weighted by Gasteiger charge is 2.40. The van der Waals surface area contributed by atoms with E-state index in [1.807, 2.05) is 12.1 Å². The van der Waals surface area contributed by atoms with E-state index in [1.54, 1.807) is 18.2 Å². The second kappa shape index (κ2) is 8.00. The lowest BCUT2D eigenvalue weighted by Crippen LogP contribution is -2.12. The minimum Gasteiger partial charge on any atom is -0.469 e. The summed E-state index contributed by atoms with van der Waals surface area (Å²) in [4.78, 5) is 11.5. The molecule has 0 aliphatic rings. The average molecular weight is 488 g/mol. The first-order valence-corrected chi connectivity index (χ1v) is 10.9. The summed E-state index contributed by atoms with van der Waals surface area (Å²) in [5.41, 5.74) is -1.67. The Labute approximate surface area is 195 Å². The molecule has 0 unspecified atom stereocenters.